The van der Waals surface area contributed by atoms with E-state index in [1.54, 1.807) is 0 Å². The van der Waals surface area contributed by atoms with Crippen molar-refractivity contribution < 1.29 is 0 Å². The maximum absolute atomic E-state index is 4.78. The maximum Gasteiger partial charge on any atom is 0.0768 e. The van der Waals surface area contributed by atoms with Crippen LogP contribution in [0.25, 0.3) is 5.70 Å². The zero-order valence-corrected chi connectivity index (χ0v) is 10.7. The molecule has 2 heteroatoms. The van der Waals surface area contributed by atoms with Gasteiger partial charge in [-0.3, -0.25) is 4.99 Å². The molecule has 0 unspecified atom stereocenters. The van der Waals surface area contributed by atoms with Gasteiger partial charge in [0.2, 0.25) is 0 Å². The standard InChI is InChI=1S/C16H13NS/c1-3-7-13(8-4-1)15-11-18-12-16(17-15)14-9-5-2-6-10-14/h1-11H,12H2. The SMILES string of the molecule is C1=C(c2ccccc2)N=C(c2ccccc2)CS1. The van der Waals surface area contributed by atoms with Gasteiger partial charge < -0.3 is 0 Å². The lowest BCUT2D eigenvalue weighted by molar-refractivity contribution is 1.47. The molecule has 0 amide bonds. The molecule has 0 saturated heterocycles. The number of nitrogens with zero attached hydrogens (tertiary/aromatic N) is 1. The molecule has 0 aromatic heterocycles. The summed E-state index contributed by atoms with van der Waals surface area (Å²) in [5.41, 5.74) is 4.61. The van der Waals surface area contributed by atoms with Gasteiger partial charge in [0.05, 0.1) is 11.4 Å². The van der Waals surface area contributed by atoms with E-state index in [0.717, 1.165) is 17.2 Å². The van der Waals surface area contributed by atoms with Gasteiger partial charge >= 0.3 is 0 Å². The molecule has 0 spiro atoms. The maximum atomic E-state index is 4.78. The van der Waals surface area contributed by atoms with Crippen molar-refractivity contribution >= 4 is 23.2 Å². The Balaban J connectivity index is 1.95. The van der Waals surface area contributed by atoms with Gasteiger partial charge in [0.25, 0.3) is 0 Å². The highest BCUT2D eigenvalue weighted by molar-refractivity contribution is 8.03. The lowest BCUT2D eigenvalue weighted by Crippen LogP contribution is -2.07. The Hall–Kier alpha value is -1.80. The molecule has 0 atom stereocenters. The molecule has 0 bridgehead atoms. The normalized spacial score (nSPS) is 14.9. The average molecular weight is 251 g/mol. The van der Waals surface area contributed by atoms with E-state index < -0.39 is 0 Å². The summed E-state index contributed by atoms with van der Waals surface area (Å²) < 4.78 is 0. The molecule has 88 valence electrons. The van der Waals surface area contributed by atoms with Crippen molar-refractivity contribution in [2.45, 2.75) is 0 Å². The summed E-state index contributed by atoms with van der Waals surface area (Å²) in [5, 5.41) is 2.14. The van der Waals surface area contributed by atoms with Crippen molar-refractivity contribution in [1.82, 2.24) is 0 Å². The van der Waals surface area contributed by atoms with Crippen molar-refractivity contribution in [3.05, 3.63) is 77.2 Å². The quantitative estimate of drug-likeness (QED) is 0.778. The second-order valence-corrected chi connectivity index (χ2v) is 4.96. The Morgan fingerprint density at radius 3 is 2.06 bits per heavy atom. The van der Waals surface area contributed by atoms with E-state index in [2.05, 4.69) is 41.8 Å². The smallest absolute Gasteiger partial charge is 0.0768 e. The summed E-state index contributed by atoms with van der Waals surface area (Å²) in [6.07, 6.45) is 0. The molecule has 1 aliphatic heterocycles. The second kappa shape index (κ2) is 5.23. The van der Waals surface area contributed by atoms with Crippen LogP contribution in [0.5, 0.6) is 0 Å². The largest absolute Gasteiger partial charge is 0.251 e. The van der Waals surface area contributed by atoms with Crippen LogP contribution in [-0.2, 0) is 0 Å². The predicted octanol–water partition coefficient (Wildman–Crippen LogP) is 4.22. The van der Waals surface area contributed by atoms with Crippen molar-refractivity contribution in [2.75, 3.05) is 5.75 Å². The number of rotatable bonds is 2. The number of hydrogen-bond donors (Lipinski definition) is 0. The molecule has 2 aromatic rings. The summed E-state index contributed by atoms with van der Waals surface area (Å²) in [5.74, 6) is 0.945. The van der Waals surface area contributed by atoms with Gasteiger partial charge in [0, 0.05) is 11.3 Å². The van der Waals surface area contributed by atoms with Crippen LogP contribution >= 0.6 is 11.8 Å². The van der Waals surface area contributed by atoms with E-state index >= 15 is 0 Å². The highest BCUT2D eigenvalue weighted by Crippen LogP contribution is 2.26. The Labute approximate surface area is 111 Å². The zero-order valence-electron chi connectivity index (χ0n) is 9.91. The Bertz CT molecular complexity index is 585. The van der Waals surface area contributed by atoms with E-state index in [-0.39, 0.29) is 0 Å². The van der Waals surface area contributed by atoms with Crippen LogP contribution in [0.15, 0.2) is 71.1 Å². The van der Waals surface area contributed by atoms with Crippen molar-refractivity contribution in [1.29, 1.82) is 0 Å². The first kappa shape index (κ1) is 11.3. The number of benzene rings is 2. The van der Waals surface area contributed by atoms with Crippen LogP contribution in [0.4, 0.5) is 0 Å². The van der Waals surface area contributed by atoms with Crippen molar-refractivity contribution in [3.8, 4) is 0 Å². The molecule has 0 fully saturated rings. The number of hydrogen-bond acceptors (Lipinski definition) is 2. The molecule has 0 saturated carbocycles. The summed E-state index contributed by atoms with van der Waals surface area (Å²) >= 11 is 1.81. The van der Waals surface area contributed by atoms with Gasteiger partial charge in [-0.05, 0) is 11.0 Å². The summed E-state index contributed by atoms with van der Waals surface area (Å²) in [6.45, 7) is 0. The molecule has 1 nitrogen and oxygen atoms in total. The molecule has 0 N–H and O–H groups in total. The number of thioether (sulfide) groups is 1. The minimum Gasteiger partial charge on any atom is -0.251 e. The fourth-order valence-corrected chi connectivity index (χ4v) is 2.74. The zero-order chi connectivity index (χ0) is 12.2. The molecule has 18 heavy (non-hydrogen) atoms. The van der Waals surface area contributed by atoms with Gasteiger partial charge in [-0.1, -0.05) is 60.7 Å². The van der Waals surface area contributed by atoms with E-state index in [1.165, 1.54) is 11.1 Å². The Morgan fingerprint density at radius 1 is 0.778 bits per heavy atom. The van der Waals surface area contributed by atoms with E-state index in [4.69, 9.17) is 4.99 Å². The molecule has 1 heterocycles. The van der Waals surface area contributed by atoms with Crippen LogP contribution < -0.4 is 0 Å². The third-order valence-electron chi connectivity index (χ3n) is 2.85. The molecular weight excluding hydrogens is 238 g/mol. The third-order valence-corrected chi connectivity index (χ3v) is 3.68. The van der Waals surface area contributed by atoms with Crippen molar-refractivity contribution in [2.24, 2.45) is 4.99 Å². The van der Waals surface area contributed by atoms with E-state index in [1.807, 2.05) is 36.0 Å². The molecule has 0 aliphatic carbocycles. The van der Waals surface area contributed by atoms with Crippen molar-refractivity contribution in [3.63, 3.8) is 0 Å². The minimum atomic E-state index is 0.945. The Morgan fingerprint density at radius 2 is 1.39 bits per heavy atom. The van der Waals surface area contributed by atoms with E-state index in [9.17, 15) is 0 Å². The second-order valence-electron chi connectivity index (χ2n) is 4.10. The first-order chi connectivity index (χ1) is 8.93. The van der Waals surface area contributed by atoms with E-state index in [0.29, 0.717) is 0 Å². The molecule has 0 radical (unpaired) electrons. The topological polar surface area (TPSA) is 12.4 Å². The van der Waals surface area contributed by atoms with Crippen LogP contribution in [0.1, 0.15) is 11.1 Å². The minimum absolute atomic E-state index is 0.945. The molecule has 2 aromatic carbocycles. The monoisotopic (exact) mass is 251 g/mol. The summed E-state index contributed by atoms with van der Waals surface area (Å²) in [7, 11) is 0. The van der Waals surface area contributed by atoms with Gasteiger partial charge in [-0.15, -0.1) is 11.8 Å². The average Bonchev–Trinajstić information content (AvgIpc) is 2.49. The van der Waals surface area contributed by atoms with Gasteiger partial charge in [-0.2, -0.15) is 0 Å². The highest BCUT2D eigenvalue weighted by atomic mass is 32.2. The molecule has 3 rings (SSSR count). The van der Waals surface area contributed by atoms with Crippen LogP contribution in [0, 0.1) is 0 Å². The van der Waals surface area contributed by atoms with Gasteiger partial charge in [0.1, 0.15) is 0 Å². The van der Waals surface area contributed by atoms with Crippen LogP contribution in [-0.4, -0.2) is 11.5 Å². The summed E-state index contributed by atoms with van der Waals surface area (Å²) in [6, 6.07) is 20.7. The number of aliphatic imine (C=N–C) groups is 1. The fraction of sp³-hybridized carbons (Fsp3) is 0.0625. The Kier molecular flexibility index (Phi) is 3.29. The lowest BCUT2D eigenvalue weighted by Gasteiger charge is -2.13. The fourth-order valence-electron chi connectivity index (χ4n) is 1.92. The first-order valence-corrected chi connectivity index (χ1v) is 6.98. The first-order valence-electron chi connectivity index (χ1n) is 5.94. The molecular formula is C16H13NS. The molecule has 1 aliphatic rings. The summed E-state index contributed by atoms with van der Waals surface area (Å²) in [4.78, 5) is 4.78. The lowest BCUT2D eigenvalue weighted by atomic mass is 10.1. The van der Waals surface area contributed by atoms with Crippen LogP contribution in [0.2, 0.25) is 0 Å². The third kappa shape index (κ3) is 2.39. The van der Waals surface area contributed by atoms with Crippen LogP contribution in [0.3, 0.4) is 0 Å². The van der Waals surface area contributed by atoms with Gasteiger partial charge in [0.15, 0.2) is 0 Å². The highest BCUT2D eigenvalue weighted by Gasteiger charge is 2.10. The predicted molar refractivity (Wildman–Crippen MR) is 79.9 cm³/mol. The van der Waals surface area contributed by atoms with Gasteiger partial charge in [-0.25, -0.2) is 0 Å².